The maximum atomic E-state index is 8.21. The summed E-state index contributed by atoms with van der Waals surface area (Å²) in [7, 11) is 0. The van der Waals surface area contributed by atoms with Crippen LogP contribution in [-0.2, 0) is 0 Å². The molecule has 1 atom stereocenters. The van der Waals surface area contributed by atoms with E-state index >= 15 is 0 Å². The van der Waals surface area contributed by atoms with Crippen LogP contribution in [0.4, 0.5) is 0 Å². The highest BCUT2D eigenvalue weighted by Crippen LogP contribution is 1.97. The van der Waals surface area contributed by atoms with Gasteiger partial charge in [0.1, 0.15) is 6.04 Å². The van der Waals surface area contributed by atoms with Crippen LogP contribution in [0.3, 0.4) is 0 Å². The van der Waals surface area contributed by atoms with Crippen molar-refractivity contribution < 1.29 is 0 Å². The van der Waals surface area contributed by atoms with Crippen LogP contribution in [-0.4, -0.2) is 6.04 Å². The summed E-state index contributed by atoms with van der Waals surface area (Å²) in [6.45, 7) is 0. The van der Waals surface area contributed by atoms with Crippen LogP contribution >= 0.6 is 24.8 Å². The number of nitrogens with one attached hydrogen (secondary N) is 1. The van der Waals surface area contributed by atoms with Crippen molar-refractivity contribution in [2.75, 3.05) is 0 Å². The van der Waals surface area contributed by atoms with Crippen LogP contribution in [0.2, 0.25) is 0 Å². The second-order valence-corrected chi connectivity index (χ2v) is 1.49. The molecule has 0 saturated carbocycles. The summed E-state index contributed by atoms with van der Waals surface area (Å²) in [5.41, 5.74) is 0. The summed E-state index contributed by atoms with van der Waals surface area (Å²) in [5.74, 6) is 0. The Morgan fingerprint density at radius 2 is 2.22 bits per heavy atom. The highest BCUT2D eigenvalue weighted by Gasteiger charge is 2.04. The minimum atomic E-state index is 0. The van der Waals surface area contributed by atoms with Gasteiger partial charge in [-0.25, -0.2) is 0 Å². The number of halogens is 2. The molecule has 0 radical (unpaired) electrons. The van der Waals surface area contributed by atoms with E-state index < -0.39 is 0 Å². The quantitative estimate of drug-likeness (QED) is 0.588. The number of nitriles is 1. The lowest BCUT2D eigenvalue weighted by molar-refractivity contribution is 0.772. The molecule has 1 aliphatic rings. The second-order valence-electron chi connectivity index (χ2n) is 1.49. The lowest BCUT2D eigenvalue weighted by Gasteiger charge is -1.93. The number of rotatable bonds is 0. The number of hydrogen-bond acceptors (Lipinski definition) is 2. The van der Waals surface area contributed by atoms with Gasteiger partial charge in [-0.3, -0.25) is 0 Å². The largest absolute Gasteiger partial charge is 0.376 e. The minimum absolute atomic E-state index is 0. The maximum absolute atomic E-state index is 8.21. The van der Waals surface area contributed by atoms with Crippen molar-refractivity contribution in [3.8, 4) is 6.07 Å². The lowest BCUT2D eigenvalue weighted by Crippen LogP contribution is -2.15. The van der Waals surface area contributed by atoms with Crippen molar-refractivity contribution in [1.29, 1.82) is 5.26 Å². The fourth-order valence-electron chi connectivity index (χ4n) is 0.546. The summed E-state index contributed by atoms with van der Waals surface area (Å²) in [4.78, 5) is 0. The topological polar surface area (TPSA) is 35.8 Å². The Balaban J connectivity index is 0. The van der Waals surface area contributed by atoms with Crippen LogP contribution in [0.1, 0.15) is 6.42 Å². The van der Waals surface area contributed by atoms with Gasteiger partial charge in [-0.05, 0) is 6.20 Å². The van der Waals surface area contributed by atoms with Gasteiger partial charge in [0, 0.05) is 6.42 Å². The van der Waals surface area contributed by atoms with E-state index in [1.807, 2.05) is 12.3 Å². The molecule has 0 saturated heterocycles. The van der Waals surface area contributed by atoms with Crippen LogP contribution in [0, 0.1) is 11.3 Å². The summed E-state index contributed by atoms with van der Waals surface area (Å²) in [6.07, 6.45) is 4.62. The van der Waals surface area contributed by atoms with E-state index in [2.05, 4.69) is 11.4 Å². The van der Waals surface area contributed by atoms with Gasteiger partial charge in [0.2, 0.25) is 0 Å². The van der Waals surface area contributed by atoms with Crippen LogP contribution in [0.5, 0.6) is 0 Å². The molecule has 4 heteroatoms. The van der Waals surface area contributed by atoms with Gasteiger partial charge in [0.25, 0.3) is 0 Å². The third-order valence-electron chi connectivity index (χ3n) is 0.943. The van der Waals surface area contributed by atoms with Gasteiger partial charge in [-0.15, -0.1) is 24.8 Å². The molecule has 1 aliphatic heterocycles. The smallest absolute Gasteiger partial charge is 0.117 e. The maximum Gasteiger partial charge on any atom is 0.117 e. The first kappa shape index (κ1) is 11.4. The van der Waals surface area contributed by atoms with Crippen LogP contribution in [0.15, 0.2) is 12.3 Å². The molecule has 0 bridgehead atoms. The highest BCUT2D eigenvalue weighted by molar-refractivity contribution is 5.85. The summed E-state index contributed by atoms with van der Waals surface area (Å²) in [6, 6.07) is 2.13. The van der Waals surface area contributed by atoms with Crippen molar-refractivity contribution in [1.82, 2.24) is 5.32 Å². The van der Waals surface area contributed by atoms with E-state index in [4.69, 9.17) is 5.26 Å². The molecule has 0 aromatic heterocycles. The van der Waals surface area contributed by atoms with Crippen molar-refractivity contribution in [2.45, 2.75) is 12.5 Å². The van der Waals surface area contributed by atoms with Crippen molar-refractivity contribution in [2.24, 2.45) is 0 Å². The molecular formula is C5H8Cl2N2. The standard InChI is InChI=1S/C5H6N2.2ClH/c6-4-5-2-1-3-7-5;;/h1,3,5,7H,2H2;2*1H. The van der Waals surface area contributed by atoms with Gasteiger partial charge >= 0.3 is 0 Å². The molecule has 1 heterocycles. The number of hydrogen-bond donors (Lipinski definition) is 1. The summed E-state index contributed by atoms with van der Waals surface area (Å²) < 4.78 is 0. The zero-order valence-electron chi connectivity index (χ0n) is 4.70. The molecule has 0 fully saturated rings. The normalized spacial score (nSPS) is 20.6. The van der Waals surface area contributed by atoms with Gasteiger partial charge in [0.15, 0.2) is 0 Å². The zero-order valence-corrected chi connectivity index (χ0v) is 6.34. The molecule has 0 aromatic carbocycles. The Bertz CT molecular complexity index is 119. The average Bonchev–Trinajstić information content (AvgIpc) is 2.14. The van der Waals surface area contributed by atoms with Crippen molar-refractivity contribution >= 4 is 24.8 Å². The molecule has 1 rings (SSSR count). The van der Waals surface area contributed by atoms with Gasteiger partial charge < -0.3 is 5.32 Å². The molecule has 0 spiro atoms. The number of nitrogens with zero attached hydrogens (tertiary/aromatic N) is 1. The van der Waals surface area contributed by atoms with Gasteiger partial charge in [-0.2, -0.15) is 5.26 Å². The Kier molecular flexibility index (Phi) is 7.28. The monoisotopic (exact) mass is 166 g/mol. The summed E-state index contributed by atoms with van der Waals surface area (Å²) in [5, 5.41) is 11.1. The zero-order chi connectivity index (χ0) is 5.11. The Labute approximate surface area is 66.8 Å². The predicted molar refractivity (Wildman–Crippen MR) is 40.8 cm³/mol. The molecule has 0 aromatic rings. The summed E-state index contributed by atoms with van der Waals surface area (Å²) >= 11 is 0. The van der Waals surface area contributed by atoms with Crippen LogP contribution in [0.25, 0.3) is 0 Å². The molecular weight excluding hydrogens is 159 g/mol. The molecule has 0 aliphatic carbocycles. The third kappa shape index (κ3) is 3.23. The first-order chi connectivity index (χ1) is 3.43. The first-order valence-electron chi connectivity index (χ1n) is 2.24. The molecule has 1 unspecified atom stereocenters. The van der Waals surface area contributed by atoms with E-state index in [-0.39, 0.29) is 30.9 Å². The van der Waals surface area contributed by atoms with Gasteiger partial charge in [-0.1, -0.05) is 6.08 Å². The Morgan fingerprint density at radius 3 is 2.44 bits per heavy atom. The molecule has 1 N–H and O–H groups in total. The Hall–Kier alpha value is -0.390. The fraction of sp³-hybridized carbons (Fsp3) is 0.400. The van der Waals surface area contributed by atoms with Crippen molar-refractivity contribution in [3.05, 3.63) is 12.3 Å². The SMILES string of the molecule is Cl.Cl.N#CC1CC=CN1. The van der Waals surface area contributed by atoms with Gasteiger partial charge in [0.05, 0.1) is 6.07 Å². The molecule has 2 nitrogen and oxygen atoms in total. The van der Waals surface area contributed by atoms with E-state index in [0.717, 1.165) is 6.42 Å². The third-order valence-corrected chi connectivity index (χ3v) is 0.943. The molecule has 0 amide bonds. The van der Waals surface area contributed by atoms with E-state index in [1.54, 1.807) is 0 Å². The first-order valence-corrected chi connectivity index (χ1v) is 2.24. The van der Waals surface area contributed by atoms with E-state index in [1.165, 1.54) is 0 Å². The minimum Gasteiger partial charge on any atom is -0.376 e. The molecule has 9 heavy (non-hydrogen) atoms. The lowest BCUT2D eigenvalue weighted by atomic mass is 10.3. The highest BCUT2D eigenvalue weighted by atomic mass is 35.5. The predicted octanol–water partition coefficient (Wildman–Crippen LogP) is 1.23. The fourth-order valence-corrected chi connectivity index (χ4v) is 0.546. The molecule has 52 valence electrons. The Morgan fingerprint density at radius 1 is 1.56 bits per heavy atom. The van der Waals surface area contributed by atoms with Crippen molar-refractivity contribution in [3.63, 3.8) is 0 Å². The average molecular weight is 167 g/mol. The van der Waals surface area contributed by atoms with Crippen LogP contribution < -0.4 is 5.32 Å². The second kappa shape index (κ2) is 5.74. The van der Waals surface area contributed by atoms with E-state index in [0.29, 0.717) is 0 Å². The van der Waals surface area contributed by atoms with E-state index in [9.17, 15) is 0 Å².